The van der Waals surface area contributed by atoms with Crippen LogP contribution in [-0.4, -0.2) is 10.9 Å². The van der Waals surface area contributed by atoms with Gasteiger partial charge in [0.2, 0.25) is 5.95 Å². The van der Waals surface area contributed by atoms with Gasteiger partial charge in [0.25, 0.3) is 5.91 Å². The highest BCUT2D eigenvalue weighted by atomic mass is 79.9. The van der Waals surface area contributed by atoms with Crippen LogP contribution in [0.4, 0.5) is 23.2 Å². The number of anilines is 1. The van der Waals surface area contributed by atoms with Gasteiger partial charge in [-0.05, 0) is 30.3 Å². The Balaban J connectivity index is 2.25. The van der Waals surface area contributed by atoms with E-state index >= 15 is 0 Å². The van der Waals surface area contributed by atoms with E-state index in [1.54, 1.807) is 0 Å². The summed E-state index contributed by atoms with van der Waals surface area (Å²) in [6.07, 6.45) is -3.51. The van der Waals surface area contributed by atoms with Crippen LogP contribution < -0.4 is 5.32 Å². The lowest BCUT2D eigenvalue weighted by Crippen LogP contribution is -2.14. The molecule has 1 amide bonds. The van der Waals surface area contributed by atoms with E-state index in [1.165, 1.54) is 12.1 Å². The number of nitrogens with one attached hydrogen (secondary N) is 1. The van der Waals surface area contributed by atoms with E-state index in [4.69, 9.17) is 0 Å². The average molecular weight is 363 g/mol. The molecule has 0 bridgehead atoms. The van der Waals surface area contributed by atoms with Crippen molar-refractivity contribution in [1.82, 2.24) is 4.98 Å². The van der Waals surface area contributed by atoms with Crippen molar-refractivity contribution in [2.45, 2.75) is 6.18 Å². The molecule has 0 atom stereocenters. The second-order valence-electron chi connectivity index (χ2n) is 4.02. The third-order valence-corrected chi connectivity index (χ3v) is 3.21. The fraction of sp³-hybridized carbons (Fsp3) is 0.0769. The number of aromatic nitrogens is 1. The Morgan fingerprint density at radius 1 is 1.19 bits per heavy atom. The van der Waals surface area contributed by atoms with Gasteiger partial charge in [0.05, 0.1) is 17.4 Å². The molecule has 0 spiro atoms. The van der Waals surface area contributed by atoms with Crippen LogP contribution in [0.5, 0.6) is 0 Å². The molecule has 0 saturated heterocycles. The normalized spacial score (nSPS) is 11.3. The first kappa shape index (κ1) is 15.4. The largest absolute Gasteiger partial charge is 0.417 e. The van der Waals surface area contributed by atoms with Gasteiger partial charge >= 0.3 is 6.18 Å². The summed E-state index contributed by atoms with van der Waals surface area (Å²) >= 11 is 2.79. The molecular weight excluding hydrogens is 356 g/mol. The van der Waals surface area contributed by atoms with Crippen molar-refractivity contribution >= 4 is 27.5 Å². The van der Waals surface area contributed by atoms with E-state index in [-0.39, 0.29) is 15.7 Å². The van der Waals surface area contributed by atoms with Gasteiger partial charge in [0.1, 0.15) is 0 Å². The summed E-state index contributed by atoms with van der Waals surface area (Å²) in [5.41, 5.74) is -0.944. The Hall–Kier alpha value is -1.96. The minimum Gasteiger partial charge on any atom is -0.321 e. The van der Waals surface area contributed by atoms with Gasteiger partial charge in [0.15, 0.2) is 0 Å². The molecule has 0 aliphatic heterocycles. The van der Waals surface area contributed by atoms with Gasteiger partial charge in [0, 0.05) is 10.0 Å². The monoisotopic (exact) mass is 362 g/mol. The Labute approximate surface area is 125 Å². The SMILES string of the molecule is O=C(Nc1ccc(F)nc1)c1ccc(Br)c(C(F)(F)F)c1. The molecule has 0 aliphatic rings. The first-order chi connectivity index (χ1) is 9.77. The number of halogens is 5. The third kappa shape index (κ3) is 3.78. The van der Waals surface area contributed by atoms with Crippen molar-refractivity contribution in [2.75, 3.05) is 5.32 Å². The number of carbonyl (C=O) groups is 1. The molecule has 0 unspecified atom stereocenters. The molecule has 21 heavy (non-hydrogen) atoms. The molecule has 0 saturated carbocycles. The molecule has 1 heterocycles. The highest BCUT2D eigenvalue weighted by Crippen LogP contribution is 2.35. The summed E-state index contributed by atoms with van der Waals surface area (Å²) in [5, 5.41) is 2.33. The molecule has 0 fully saturated rings. The summed E-state index contributed by atoms with van der Waals surface area (Å²) < 4.78 is 50.7. The Bertz CT molecular complexity index is 671. The highest BCUT2D eigenvalue weighted by Gasteiger charge is 2.33. The third-order valence-electron chi connectivity index (χ3n) is 2.52. The quantitative estimate of drug-likeness (QED) is 0.640. The van der Waals surface area contributed by atoms with Crippen LogP contribution in [0.15, 0.2) is 41.0 Å². The summed E-state index contributed by atoms with van der Waals surface area (Å²) in [5.74, 6) is -1.47. The molecule has 1 aromatic heterocycles. The Kier molecular flexibility index (Phi) is 4.26. The molecule has 2 rings (SSSR count). The maximum atomic E-state index is 12.8. The zero-order valence-corrected chi connectivity index (χ0v) is 11.8. The van der Waals surface area contributed by atoms with Crippen molar-refractivity contribution in [3.8, 4) is 0 Å². The number of pyridine rings is 1. The fourth-order valence-corrected chi connectivity index (χ4v) is 2.01. The van der Waals surface area contributed by atoms with Crippen LogP contribution in [0.1, 0.15) is 15.9 Å². The number of alkyl halides is 3. The summed E-state index contributed by atoms with van der Waals surface area (Å²) in [4.78, 5) is 15.2. The summed E-state index contributed by atoms with van der Waals surface area (Å²) in [6, 6.07) is 5.39. The number of hydrogen-bond acceptors (Lipinski definition) is 2. The average Bonchev–Trinajstić information content (AvgIpc) is 2.40. The van der Waals surface area contributed by atoms with E-state index < -0.39 is 23.6 Å². The van der Waals surface area contributed by atoms with Crippen molar-refractivity contribution in [3.05, 3.63) is 58.1 Å². The van der Waals surface area contributed by atoms with Crippen LogP contribution in [0.3, 0.4) is 0 Å². The van der Waals surface area contributed by atoms with Crippen LogP contribution >= 0.6 is 15.9 Å². The minimum absolute atomic E-state index is 0.157. The summed E-state index contributed by atoms with van der Waals surface area (Å²) in [6.45, 7) is 0. The number of rotatable bonds is 2. The number of benzene rings is 1. The molecule has 3 nitrogen and oxygen atoms in total. The number of amides is 1. The molecule has 1 aromatic carbocycles. The number of carbonyl (C=O) groups excluding carboxylic acids is 1. The van der Waals surface area contributed by atoms with Gasteiger partial charge in [-0.1, -0.05) is 15.9 Å². The zero-order valence-electron chi connectivity index (χ0n) is 10.2. The molecule has 1 N–H and O–H groups in total. The number of nitrogens with zero attached hydrogens (tertiary/aromatic N) is 1. The molecule has 110 valence electrons. The van der Waals surface area contributed by atoms with Crippen molar-refractivity contribution in [1.29, 1.82) is 0 Å². The van der Waals surface area contributed by atoms with E-state index in [1.807, 2.05) is 0 Å². The summed E-state index contributed by atoms with van der Waals surface area (Å²) in [7, 11) is 0. The lowest BCUT2D eigenvalue weighted by Gasteiger charge is -2.11. The maximum absolute atomic E-state index is 12.8. The lowest BCUT2D eigenvalue weighted by molar-refractivity contribution is -0.138. The number of hydrogen-bond donors (Lipinski definition) is 1. The minimum atomic E-state index is -4.58. The van der Waals surface area contributed by atoms with E-state index in [0.717, 1.165) is 24.4 Å². The molecule has 2 aromatic rings. The molecular formula is C13H7BrF4N2O. The van der Waals surface area contributed by atoms with Crippen LogP contribution in [0.25, 0.3) is 0 Å². The van der Waals surface area contributed by atoms with E-state index in [0.29, 0.717) is 0 Å². The first-order valence-corrected chi connectivity index (χ1v) is 6.36. The fourth-order valence-electron chi connectivity index (χ4n) is 1.54. The Morgan fingerprint density at radius 3 is 2.48 bits per heavy atom. The van der Waals surface area contributed by atoms with Gasteiger partial charge in [-0.25, -0.2) is 4.98 Å². The van der Waals surface area contributed by atoms with Crippen LogP contribution in [0.2, 0.25) is 0 Å². The molecule has 8 heteroatoms. The second kappa shape index (κ2) is 5.80. The zero-order chi connectivity index (χ0) is 15.6. The van der Waals surface area contributed by atoms with Crippen molar-refractivity contribution in [2.24, 2.45) is 0 Å². The van der Waals surface area contributed by atoms with Gasteiger partial charge in [-0.3, -0.25) is 4.79 Å². The topological polar surface area (TPSA) is 42.0 Å². The van der Waals surface area contributed by atoms with Crippen LogP contribution in [0, 0.1) is 5.95 Å². The predicted molar refractivity (Wildman–Crippen MR) is 71.3 cm³/mol. The van der Waals surface area contributed by atoms with Gasteiger partial charge < -0.3 is 5.32 Å². The maximum Gasteiger partial charge on any atom is 0.417 e. The van der Waals surface area contributed by atoms with Gasteiger partial charge in [-0.15, -0.1) is 0 Å². The van der Waals surface area contributed by atoms with Crippen molar-refractivity contribution < 1.29 is 22.4 Å². The highest BCUT2D eigenvalue weighted by molar-refractivity contribution is 9.10. The molecule has 0 radical (unpaired) electrons. The molecule has 0 aliphatic carbocycles. The Morgan fingerprint density at radius 2 is 1.90 bits per heavy atom. The van der Waals surface area contributed by atoms with Crippen LogP contribution in [-0.2, 0) is 6.18 Å². The van der Waals surface area contributed by atoms with E-state index in [2.05, 4.69) is 26.2 Å². The predicted octanol–water partition coefficient (Wildman–Crippen LogP) is 4.25. The second-order valence-corrected chi connectivity index (χ2v) is 4.87. The van der Waals surface area contributed by atoms with Gasteiger partial charge in [-0.2, -0.15) is 17.6 Å². The standard InChI is InChI=1S/C13H7BrF4N2O/c14-10-3-1-7(5-9(10)13(16,17)18)12(21)20-8-2-4-11(15)19-6-8/h1-6H,(H,20,21). The smallest absolute Gasteiger partial charge is 0.321 e. The lowest BCUT2D eigenvalue weighted by atomic mass is 10.1. The van der Waals surface area contributed by atoms with E-state index in [9.17, 15) is 22.4 Å². The first-order valence-electron chi connectivity index (χ1n) is 5.57. The van der Waals surface area contributed by atoms with Crippen molar-refractivity contribution in [3.63, 3.8) is 0 Å².